The van der Waals surface area contributed by atoms with Crippen molar-refractivity contribution in [3.8, 4) is 0 Å². The van der Waals surface area contributed by atoms with E-state index in [0.717, 1.165) is 5.56 Å². The van der Waals surface area contributed by atoms with Crippen molar-refractivity contribution in [3.63, 3.8) is 0 Å². The van der Waals surface area contributed by atoms with Crippen LogP contribution < -0.4 is 0 Å². The zero-order valence-corrected chi connectivity index (χ0v) is 12.5. The van der Waals surface area contributed by atoms with Gasteiger partial charge in [0.15, 0.2) is 6.29 Å². The van der Waals surface area contributed by atoms with E-state index in [4.69, 9.17) is 14.2 Å². The molecule has 110 valence electrons. The van der Waals surface area contributed by atoms with Crippen LogP contribution in [0.25, 0.3) is 0 Å². The Hall–Kier alpha value is -0.590. The molecule has 0 saturated carbocycles. The molecule has 2 aliphatic heterocycles. The smallest absolute Gasteiger partial charge is 0.184 e. The molecular formula is C15H20O4S. The lowest BCUT2D eigenvalue weighted by molar-refractivity contribution is -0.311. The van der Waals surface area contributed by atoms with E-state index >= 15 is 0 Å². The number of hydrogen-bond acceptors (Lipinski definition) is 5. The quantitative estimate of drug-likeness (QED) is 0.906. The Morgan fingerprint density at radius 3 is 2.65 bits per heavy atom. The van der Waals surface area contributed by atoms with E-state index in [-0.39, 0.29) is 23.6 Å². The van der Waals surface area contributed by atoms with E-state index in [9.17, 15) is 5.11 Å². The van der Waals surface area contributed by atoms with Gasteiger partial charge in [-0.25, -0.2) is 0 Å². The SMILES string of the molecule is CSC1OC2COC(c3ccccc3)OC2[C@H](O)[C@@H]1C. The molecule has 2 saturated heterocycles. The Kier molecular flexibility index (Phi) is 4.33. The van der Waals surface area contributed by atoms with Gasteiger partial charge in [0, 0.05) is 11.5 Å². The summed E-state index contributed by atoms with van der Waals surface area (Å²) < 4.78 is 17.6. The van der Waals surface area contributed by atoms with Gasteiger partial charge in [-0.3, -0.25) is 0 Å². The fraction of sp³-hybridized carbons (Fsp3) is 0.600. The van der Waals surface area contributed by atoms with Crippen LogP contribution in [0.5, 0.6) is 0 Å². The highest BCUT2D eigenvalue weighted by atomic mass is 32.2. The maximum absolute atomic E-state index is 10.5. The van der Waals surface area contributed by atoms with Gasteiger partial charge in [0.05, 0.1) is 12.7 Å². The second-order valence-electron chi connectivity index (χ2n) is 5.30. The summed E-state index contributed by atoms with van der Waals surface area (Å²) in [6, 6.07) is 9.80. The molecule has 0 aliphatic carbocycles. The van der Waals surface area contributed by atoms with Crippen molar-refractivity contribution in [3.05, 3.63) is 35.9 Å². The topological polar surface area (TPSA) is 47.9 Å². The van der Waals surface area contributed by atoms with Crippen LogP contribution in [0.4, 0.5) is 0 Å². The summed E-state index contributed by atoms with van der Waals surface area (Å²) in [4.78, 5) is 0. The fourth-order valence-corrected chi connectivity index (χ4v) is 3.62. The summed E-state index contributed by atoms with van der Waals surface area (Å²) in [5.41, 5.74) is 0.963. The molecule has 0 radical (unpaired) electrons. The maximum atomic E-state index is 10.5. The average Bonchev–Trinajstić information content (AvgIpc) is 2.51. The third-order valence-electron chi connectivity index (χ3n) is 3.98. The zero-order chi connectivity index (χ0) is 14.1. The van der Waals surface area contributed by atoms with Crippen LogP contribution in [0.15, 0.2) is 30.3 Å². The zero-order valence-electron chi connectivity index (χ0n) is 11.6. The van der Waals surface area contributed by atoms with Gasteiger partial charge in [-0.2, -0.15) is 0 Å². The second kappa shape index (κ2) is 6.03. The van der Waals surface area contributed by atoms with Crippen molar-refractivity contribution in [2.45, 2.75) is 37.0 Å². The molecule has 1 aromatic rings. The third-order valence-corrected chi connectivity index (χ3v) is 4.98. The van der Waals surface area contributed by atoms with Crippen molar-refractivity contribution >= 4 is 11.8 Å². The molecule has 2 heterocycles. The summed E-state index contributed by atoms with van der Waals surface area (Å²) in [5, 5.41) is 10.5. The third kappa shape index (κ3) is 2.61. The maximum Gasteiger partial charge on any atom is 0.184 e. The number of aliphatic hydroxyl groups excluding tert-OH is 1. The Balaban J connectivity index is 1.74. The highest BCUT2D eigenvalue weighted by Gasteiger charge is 2.47. The molecule has 0 bridgehead atoms. The molecule has 5 heteroatoms. The van der Waals surface area contributed by atoms with E-state index in [1.54, 1.807) is 11.8 Å². The van der Waals surface area contributed by atoms with Crippen molar-refractivity contribution in [1.82, 2.24) is 0 Å². The highest BCUT2D eigenvalue weighted by Crippen LogP contribution is 2.38. The van der Waals surface area contributed by atoms with Crippen LogP contribution >= 0.6 is 11.8 Å². The van der Waals surface area contributed by atoms with Crippen LogP contribution in [-0.4, -0.2) is 41.7 Å². The van der Waals surface area contributed by atoms with Gasteiger partial charge in [0.2, 0.25) is 0 Å². The number of fused-ring (bicyclic) bond motifs is 1. The molecule has 0 amide bonds. The van der Waals surface area contributed by atoms with Crippen LogP contribution in [0.1, 0.15) is 18.8 Å². The molecule has 6 atom stereocenters. The van der Waals surface area contributed by atoms with Gasteiger partial charge in [-0.15, -0.1) is 11.8 Å². The first-order valence-electron chi connectivity index (χ1n) is 6.89. The molecular weight excluding hydrogens is 276 g/mol. The predicted octanol–water partition coefficient (Wildman–Crippen LogP) is 2.19. The Morgan fingerprint density at radius 2 is 1.95 bits per heavy atom. The Bertz CT molecular complexity index is 439. The molecule has 1 aromatic carbocycles. The van der Waals surface area contributed by atoms with Crippen LogP contribution in [-0.2, 0) is 14.2 Å². The van der Waals surface area contributed by atoms with Crippen LogP contribution in [0, 0.1) is 5.92 Å². The van der Waals surface area contributed by atoms with E-state index in [0.29, 0.717) is 6.61 Å². The Morgan fingerprint density at radius 1 is 1.20 bits per heavy atom. The average molecular weight is 296 g/mol. The normalized spacial score (nSPS) is 41.1. The van der Waals surface area contributed by atoms with Gasteiger partial charge in [-0.1, -0.05) is 37.3 Å². The fourth-order valence-electron chi connectivity index (χ4n) is 2.78. The first-order valence-corrected chi connectivity index (χ1v) is 8.18. The van der Waals surface area contributed by atoms with E-state index < -0.39 is 12.4 Å². The number of thioether (sulfide) groups is 1. The first kappa shape index (κ1) is 14.4. The van der Waals surface area contributed by atoms with E-state index in [1.165, 1.54) is 0 Å². The van der Waals surface area contributed by atoms with Gasteiger partial charge in [0.25, 0.3) is 0 Å². The number of aliphatic hydroxyl groups is 1. The molecule has 20 heavy (non-hydrogen) atoms. The lowest BCUT2D eigenvalue weighted by atomic mass is 9.93. The molecule has 0 aromatic heterocycles. The minimum Gasteiger partial charge on any atom is -0.390 e. The Labute approximate surface area is 123 Å². The van der Waals surface area contributed by atoms with Crippen LogP contribution in [0.3, 0.4) is 0 Å². The lowest BCUT2D eigenvalue weighted by Gasteiger charge is -2.46. The van der Waals surface area contributed by atoms with Gasteiger partial charge in [-0.05, 0) is 6.26 Å². The molecule has 0 spiro atoms. The molecule has 2 fully saturated rings. The molecule has 4 unspecified atom stereocenters. The predicted molar refractivity (Wildman–Crippen MR) is 77.4 cm³/mol. The van der Waals surface area contributed by atoms with Crippen molar-refractivity contribution < 1.29 is 19.3 Å². The number of ether oxygens (including phenoxy) is 3. The summed E-state index contributed by atoms with van der Waals surface area (Å²) >= 11 is 1.62. The van der Waals surface area contributed by atoms with Crippen LogP contribution in [0.2, 0.25) is 0 Å². The number of rotatable bonds is 2. The largest absolute Gasteiger partial charge is 0.390 e. The van der Waals surface area contributed by atoms with Crippen molar-refractivity contribution in [2.75, 3.05) is 12.9 Å². The monoisotopic (exact) mass is 296 g/mol. The van der Waals surface area contributed by atoms with Crippen molar-refractivity contribution in [1.29, 1.82) is 0 Å². The van der Waals surface area contributed by atoms with E-state index in [2.05, 4.69) is 0 Å². The number of hydrogen-bond donors (Lipinski definition) is 1. The minimum absolute atomic E-state index is 0.00766. The molecule has 2 aliphatic rings. The molecule has 1 N–H and O–H groups in total. The highest BCUT2D eigenvalue weighted by molar-refractivity contribution is 7.99. The molecule has 3 rings (SSSR count). The standard InChI is InChI=1S/C15H20O4S/c1-9-12(16)13-11(18-15(9)20-2)8-17-14(19-13)10-6-4-3-5-7-10/h3-7,9,11-16H,8H2,1-2H3/t9-,11?,12+,13?,14?,15?/m0/s1. The summed E-state index contributed by atoms with van der Waals surface area (Å²) in [6.07, 6.45) is 0.520. The summed E-state index contributed by atoms with van der Waals surface area (Å²) in [6.45, 7) is 2.45. The lowest BCUT2D eigenvalue weighted by Crippen LogP contribution is -2.57. The summed E-state index contributed by atoms with van der Waals surface area (Å²) in [5.74, 6) is 0.0424. The molecule has 4 nitrogen and oxygen atoms in total. The van der Waals surface area contributed by atoms with Crippen molar-refractivity contribution in [2.24, 2.45) is 5.92 Å². The van der Waals surface area contributed by atoms with Gasteiger partial charge < -0.3 is 19.3 Å². The second-order valence-corrected chi connectivity index (χ2v) is 6.24. The minimum atomic E-state index is -0.527. The summed E-state index contributed by atoms with van der Waals surface area (Å²) in [7, 11) is 0. The number of benzene rings is 1. The first-order chi connectivity index (χ1) is 9.70. The van der Waals surface area contributed by atoms with Gasteiger partial charge in [0.1, 0.15) is 17.6 Å². The van der Waals surface area contributed by atoms with Gasteiger partial charge >= 0.3 is 0 Å². The van der Waals surface area contributed by atoms with E-state index in [1.807, 2.05) is 43.5 Å².